The van der Waals surface area contributed by atoms with Gasteiger partial charge >= 0.3 is 5.97 Å². The van der Waals surface area contributed by atoms with Gasteiger partial charge in [0.25, 0.3) is 5.69 Å². The molecule has 0 amide bonds. The lowest BCUT2D eigenvalue weighted by Gasteiger charge is -2.11. The molecular weight excluding hydrogens is 408 g/mol. The number of benzene rings is 2. The third-order valence-electron chi connectivity index (χ3n) is 3.24. The van der Waals surface area contributed by atoms with E-state index in [1.165, 1.54) is 12.1 Å². The number of nitrogens with one attached hydrogen (secondary N) is 1. The summed E-state index contributed by atoms with van der Waals surface area (Å²) in [4.78, 5) is 22.6. The number of halogens is 1. The largest absolute Gasteiger partial charge is 0.490 e. The van der Waals surface area contributed by atoms with Gasteiger partial charge in [-0.3, -0.25) is 10.1 Å². The molecule has 0 atom stereocenters. The topological polar surface area (TPSA) is 111 Å². The molecule has 0 fully saturated rings. The molecule has 0 heterocycles. The smallest absolute Gasteiger partial charge is 0.340 e. The van der Waals surface area contributed by atoms with Gasteiger partial charge in [0.1, 0.15) is 19.0 Å². The van der Waals surface area contributed by atoms with Crippen LogP contribution in [0.25, 0.3) is 0 Å². The highest BCUT2D eigenvalue weighted by Gasteiger charge is 2.18. The first-order chi connectivity index (χ1) is 12.5. The molecule has 0 aromatic heterocycles. The standard InChI is InChI=1S/C17H17BrN2O6/c18-12-2-1-3-14(10-12)25-8-9-26-17(22)15-11-13(20(23)24)4-5-16(15)19-6-7-21/h1-5,10-11,19,21H,6-9H2. The molecule has 0 saturated carbocycles. The summed E-state index contributed by atoms with van der Waals surface area (Å²) in [6, 6.07) is 11.0. The maximum absolute atomic E-state index is 12.3. The van der Waals surface area contributed by atoms with Crippen LogP contribution in [0.5, 0.6) is 5.75 Å². The summed E-state index contributed by atoms with van der Waals surface area (Å²) in [6.45, 7) is 0.167. The lowest BCUT2D eigenvalue weighted by atomic mass is 10.1. The number of aliphatic hydroxyl groups excluding tert-OH is 1. The van der Waals surface area contributed by atoms with Crippen LogP contribution >= 0.6 is 15.9 Å². The third-order valence-corrected chi connectivity index (χ3v) is 3.74. The number of hydrogen-bond donors (Lipinski definition) is 2. The number of carbonyl (C=O) groups is 1. The van der Waals surface area contributed by atoms with Crippen molar-refractivity contribution in [2.45, 2.75) is 0 Å². The van der Waals surface area contributed by atoms with Gasteiger partial charge in [0, 0.05) is 28.8 Å². The van der Waals surface area contributed by atoms with Crippen LogP contribution in [0.3, 0.4) is 0 Å². The molecular formula is C17H17BrN2O6. The van der Waals surface area contributed by atoms with Gasteiger partial charge in [-0.15, -0.1) is 0 Å². The number of nitro groups is 1. The van der Waals surface area contributed by atoms with E-state index in [4.69, 9.17) is 14.6 Å². The molecule has 0 spiro atoms. The van der Waals surface area contributed by atoms with Gasteiger partial charge in [0.05, 0.1) is 17.1 Å². The van der Waals surface area contributed by atoms with Crippen molar-refractivity contribution in [2.75, 3.05) is 31.7 Å². The van der Waals surface area contributed by atoms with E-state index in [-0.39, 0.29) is 37.6 Å². The molecule has 0 bridgehead atoms. The van der Waals surface area contributed by atoms with Gasteiger partial charge in [0.15, 0.2) is 0 Å². The Morgan fingerprint density at radius 2 is 2.04 bits per heavy atom. The zero-order valence-electron chi connectivity index (χ0n) is 13.7. The second-order valence-electron chi connectivity index (χ2n) is 5.08. The predicted octanol–water partition coefficient (Wildman–Crippen LogP) is 3.00. The number of anilines is 1. The first-order valence-corrected chi connectivity index (χ1v) is 8.49. The number of aliphatic hydroxyl groups is 1. The minimum atomic E-state index is -0.716. The molecule has 8 nitrogen and oxygen atoms in total. The second kappa shape index (κ2) is 9.73. The number of nitrogens with zero attached hydrogens (tertiary/aromatic N) is 1. The Kier molecular flexibility index (Phi) is 7.37. The Bertz CT molecular complexity index is 784. The van der Waals surface area contributed by atoms with E-state index in [2.05, 4.69) is 21.2 Å². The number of non-ortho nitro benzene ring substituents is 1. The van der Waals surface area contributed by atoms with E-state index >= 15 is 0 Å². The van der Waals surface area contributed by atoms with Crippen LogP contribution in [0, 0.1) is 10.1 Å². The molecule has 2 aromatic carbocycles. The molecule has 2 N–H and O–H groups in total. The third kappa shape index (κ3) is 5.71. The van der Waals surface area contributed by atoms with E-state index in [1.807, 2.05) is 12.1 Å². The summed E-state index contributed by atoms with van der Waals surface area (Å²) >= 11 is 3.33. The first-order valence-electron chi connectivity index (χ1n) is 7.70. The van der Waals surface area contributed by atoms with Crippen LogP contribution < -0.4 is 10.1 Å². The van der Waals surface area contributed by atoms with Crippen molar-refractivity contribution in [3.8, 4) is 5.75 Å². The summed E-state index contributed by atoms with van der Waals surface area (Å²) in [7, 11) is 0. The Hall–Kier alpha value is -2.65. The van der Waals surface area contributed by atoms with Crippen molar-refractivity contribution in [1.29, 1.82) is 0 Å². The molecule has 0 aliphatic rings. The van der Waals surface area contributed by atoms with Gasteiger partial charge in [-0.1, -0.05) is 22.0 Å². The predicted molar refractivity (Wildman–Crippen MR) is 98.6 cm³/mol. The molecule has 0 saturated heterocycles. The maximum Gasteiger partial charge on any atom is 0.340 e. The molecule has 138 valence electrons. The van der Waals surface area contributed by atoms with Crippen molar-refractivity contribution >= 4 is 33.3 Å². The van der Waals surface area contributed by atoms with E-state index in [0.29, 0.717) is 11.4 Å². The number of rotatable bonds is 9. The fraction of sp³-hybridized carbons (Fsp3) is 0.235. The molecule has 2 aromatic rings. The second-order valence-corrected chi connectivity index (χ2v) is 5.99. The Labute approximate surface area is 158 Å². The summed E-state index contributed by atoms with van der Waals surface area (Å²) in [5, 5.41) is 22.6. The van der Waals surface area contributed by atoms with Crippen LogP contribution in [0.2, 0.25) is 0 Å². The minimum Gasteiger partial charge on any atom is -0.490 e. The summed E-state index contributed by atoms with van der Waals surface area (Å²) in [5.41, 5.74) is 0.148. The lowest BCUT2D eigenvalue weighted by Crippen LogP contribution is -2.15. The van der Waals surface area contributed by atoms with Crippen molar-refractivity contribution in [3.63, 3.8) is 0 Å². The Morgan fingerprint density at radius 1 is 1.23 bits per heavy atom. The van der Waals surface area contributed by atoms with Crippen LogP contribution in [0.4, 0.5) is 11.4 Å². The fourth-order valence-corrected chi connectivity index (χ4v) is 2.47. The Morgan fingerprint density at radius 3 is 2.73 bits per heavy atom. The molecule has 0 radical (unpaired) electrons. The van der Waals surface area contributed by atoms with Gasteiger partial charge in [0.2, 0.25) is 0 Å². The average molecular weight is 425 g/mol. The lowest BCUT2D eigenvalue weighted by molar-refractivity contribution is -0.384. The van der Waals surface area contributed by atoms with Gasteiger partial charge < -0.3 is 19.9 Å². The first kappa shape index (κ1) is 19.7. The average Bonchev–Trinajstić information content (AvgIpc) is 2.63. The number of nitro benzene ring substituents is 1. The molecule has 0 aliphatic heterocycles. The monoisotopic (exact) mass is 424 g/mol. The molecule has 9 heteroatoms. The van der Waals surface area contributed by atoms with Crippen LogP contribution in [-0.2, 0) is 4.74 Å². The molecule has 26 heavy (non-hydrogen) atoms. The minimum absolute atomic E-state index is 0.0204. The number of hydrogen-bond acceptors (Lipinski definition) is 7. The Balaban J connectivity index is 1.98. The summed E-state index contributed by atoms with van der Waals surface area (Å²) in [6.07, 6.45) is 0. The zero-order chi connectivity index (χ0) is 18.9. The number of esters is 1. The van der Waals surface area contributed by atoms with E-state index in [9.17, 15) is 14.9 Å². The molecule has 0 aliphatic carbocycles. The SMILES string of the molecule is O=C(OCCOc1cccc(Br)c1)c1cc([N+](=O)[O-])ccc1NCCO. The summed E-state index contributed by atoms with van der Waals surface area (Å²) < 4.78 is 11.5. The van der Waals surface area contributed by atoms with Crippen molar-refractivity contribution in [2.24, 2.45) is 0 Å². The van der Waals surface area contributed by atoms with Gasteiger partial charge in [-0.2, -0.15) is 0 Å². The highest BCUT2D eigenvalue weighted by Crippen LogP contribution is 2.23. The molecule has 0 unspecified atom stereocenters. The number of ether oxygens (including phenoxy) is 2. The van der Waals surface area contributed by atoms with E-state index in [1.54, 1.807) is 12.1 Å². The van der Waals surface area contributed by atoms with E-state index in [0.717, 1.165) is 10.5 Å². The van der Waals surface area contributed by atoms with Crippen LogP contribution in [0.1, 0.15) is 10.4 Å². The van der Waals surface area contributed by atoms with Gasteiger partial charge in [-0.25, -0.2) is 4.79 Å². The highest BCUT2D eigenvalue weighted by molar-refractivity contribution is 9.10. The van der Waals surface area contributed by atoms with Crippen molar-refractivity contribution < 1.29 is 24.3 Å². The van der Waals surface area contributed by atoms with Crippen LogP contribution in [-0.4, -0.2) is 42.4 Å². The normalized spacial score (nSPS) is 10.2. The fourth-order valence-electron chi connectivity index (χ4n) is 2.09. The summed E-state index contributed by atoms with van der Waals surface area (Å²) in [5.74, 6) is -0.0944. The quantitative estimate of drug-likeness (QED) is 0.275. The van der Waals surface area contributed by atoms with Crippen molar-refractivity contribution in [3.05, 3.63) is 62.6 Å². The van der Waals surface area contributed by atoms with Crippen LogP contribution in [0.15, 0.2) is 46.9 Å². The maximum atomic E-state index is 12.3. The number of carbonyl (C=O) groups excluding carboxylic acids is 1. The zero-order valence-corrected chi connectivity index (χ0v) is 15.3. The highest BCUT2D eigenvalue weighted by atomic mass is 79.9. The van der Waals surface area contributed by atoms with Gasteiger partial charge in [-0.05, 0) is 24.3 Å². The van der Waals surface area contributed by atoms with E-state index < -0.39 is 10.9 Å². The van der Waals surface area contributed by atoms with Crippen molar-refractivity contribution in [1.82, 2.24) is 0 Å². The molecule has 2 rings (SSSR count).